The molecule has 2 aromatic rings. The molecule has 2 aromatic carbocycles. The molecule has 0 N–H and O–H groups in total. The second kappa shape index (κ2) is 10.8. The van der Waals surface area contributed by atoms with E-state index in [9.17, 15) is 19.2 Å². The van der Waals surface area contributed by atoms with E-state index >= 15 is 0 Å². The largest absolute Gasteiger partial charge is 0.459 e. The molecule has 0 unspecified atom stereocenters. The standard InChI is InChI=1S/C25H28N2O7/c1-25(2,3)34-22(29)15-26(19-12-8-5-9-13-19)21(28)14-20-23(30)33-17-27(20)24(31)32-16-18-10-6-4-7-11-18/h4-13,20H,14-17H2,1-3H3/t20-/m0/s1. The molecule has 180 valence electrons. The molecule has 0 bridgehead atoms. The van der Waals surface area contributed by atoms with Crippen LogP contribution in [-0.2, 0) is 35.2 Å². The molecule has 1 heterocycles. The van der Waals surface area contributed by atoms with Crippen LogP contribution in [0.2, 0.25) is 0 Å². The summed E-state index contributed by atoms with van der Waals surface area (Å²) in [5.74, 6) is -1.85. The Morgan fingerprint density at radius 1 is 1.03 bits per heavy atom. The van der Waals surface area contributed by atoms with Crippen LogP contribution >= 0.6 is 0 Å². The number of rotatable bonds is 7. The molecule has 0 saturated carbocycles. The van der Waals surface area contributed by atoms with Crippen molar-refractivity contribution in [2.24, 2.45) is 0 Å². The average Bonchev–Trinajstić information content (AvgIpc) is 3.16. The zero-order valence-corrected chi connectivity index (χ0v) is 19.4. The zero-order chi connectivity index (χ0) is 24.7. The zero-order valence-electron chi connectivity index (χ0n) is 19.4. The number of amides is 2. The van der Waals surface area contributed by atoms with Gasteiger partial charge in [0.1, 0.15) is 24.8 Å². The molecule has 1 saturated heterocycles. The fraction of sp³-hybridized carbons (Fsp3) is 0.360. The number of anilines is 1. The van der Waals surface area contributed by atoms with Crippen LogP contribution in [0.4, 0.5) is 10.5 Å². The van der Waals surface area contributed by atoms with Crippen LogP contribution in [0.1, 0.15) is 32.8 Å². The first-order valence-electron chi connectivity index (χ1n) is 10.9. The minimum Gasteiger partial charge on any atom is -0.459 e. The second-order valence-corrected chi connectivity index (χ2v) is 8.72. The summed E-state index contributed by atoms with van der Waals surface area (Å²) in [5.41, 5.74) is 0.516. The van der Waals surface area contributed by atoms with Crippen LogP contribution in [0.3, 0.4) is 0 Å². The van der Waals surface area contributed by atoms with Gasteiger partial charge in [-0.15, -0.1) is 0 Å². The summed E-state index contributed by atoms with van der Waals surface area (Å²) in [6.45, 7) is 4.54. The first kappa shape index (κ1) is 24.8. The maximum absolute atomic E-state index is 13.2. The Morgan fingerprint density at radius 2 is 1.65 bits per heavy atom. The highest BCUT2D eigenvalue weighted by Crippen LogP contribution is 2.21. The fourth-order valence-electron chi connectivity index (χ4n) is 3.33. The Hall–Kier alpha value is -3.88. The van der Waals surface area contributed by atoms with Crippen molar-refractivity contribution in [1.82, 2.24) is 4.90 Å². The van der Waals surface area contributed by atoms with E-state index in [0.717, 1.165) is 10.5 Å². The third-order valence-corrected chi connectivity index (χ3v) is 4.88. The van der Waals surface area contributed by atoms with Crippen LogP contribution in [0.5, 0.6) is 0 Å². The molecule has 0 radical (unpaired) electrons. The molecule has 9 heteroatoms. The van der Waals surface area contributed by atoms with Gasteiger partial charge >= 0.3 is 18.0 Å². The van der Waals surface area contributed by atoms with E-state index < -0.39 is 35.6 Å². The number of ether oxygens (including phenoxy) is 3. The molecule has 0 spiro atoms. The molecular formula is C25H28N2O7. The summed E-state index contributed by atoms with van der Waals surface area (Å²) < 4.78 is 15.7. The van der Waals surface area contributed by atoms with Crippen molar-refractivity contribution in [3.8, 4) is 0 Å². The molecule has 0 aliphatic carbocycles. The molecule has 1 aliphatic heterocycles. The summed E-state index contributed by atoms with van der Waals surface area (Å²) in [5, 5.41) is 0. The number of nitrogens with zero attached hydrogens (tertiary/aromatic N) is 2. The lowest BCUT2D eigenvalue weighted by Crippen LogP contribution is -2.45. The smallest absolute Gasteiger partial charge is 0.413 e. The Morgan fingerprint density at radius 3 is 2.26 bits per heavy atom. The van der Waals surface area contributed by atoms with E-state index in [1.54, 1.807) is 63.2 Å². The normalized spacial score (nSPS) is 15.4. The average molecular weight is 469 g/mol. The van der Waals surface area contributed by atoms with Gasteiger partial charge in [0.25, 0.3) is 0 Å². The van der Waals surface area contributed by atoms with E-state index in [4.69, 9.17) is 14.2 Å². The number of hydrogen-bond acceptors (Lipinski definition) is 7. The van der Waals surface area contributed by atoms with Gasteiger partial charge in [0.2, 0.25) is 5.91 Å². The second-order valence-electron chi connectivity index (χ2n) is 8.72. The van der Waals surface area contributed by atoms with Crippen molar-refractivity contribution in [2.45, 2.75) is 45.4 Å². The summed E-state index contributed by atoms with van der Waals surface area (Å²) in [6.07, 6.45) is -1.15. The number of carbonyl (C=O) groups is 4. The molecule has 1 atom stereocenters. The van der Waals surface area contributed by atoms with Gasteiger partial charge in [-0.05, 0) is 38.5 Å². The van der Waals surface area contributed by atoms with Crippen LogP contribution in [0, 0.1) is 0 Å². The van der Waals surface area contributed by atoms with Gasteiger partial charge in [-0.3, -0.25) is 14.5 Å². The Kier molecular flexibility index (Phi) is 7.88. The number of esters is 2. The minimum atomic E-state index is -1.17. The molecule has 0 aromatic heterocycles. The highest BCUT2D eigenvalue weighted by atomic mass is 16.6. The van der Waals surface area contributed by atoms with Crippen molar-refractivity contribution in [2.75, 3.05) is 18.2 Å². The highest BCUT2D eigenvalue weighted by molar-refractivity contribution is 6.00. The van der Waals surface area contributed by atoms with Gasteiger partial charge < -0.3 is 19.1 Å². The molecule has 1 fully saturated rings. The number of para-hydroxylation sites is 1. The summed E-state index contributed by atoms with van der Waals surface area (Å²) in [4.78, 5) is 52.9. The lowest BCUT2D eigenvalue weighted by molar-refractivity contribution is -0.153. The summed E-state index contributed by atoms with van der Waals surface area (Å²) in [7, 11) is 0. The molecule has 1 aliphatic rings. The first-order chi connectivity index (χ1) is 16.1. The number of carbonyl (C=O) groups excluding carboxylic acids is 4. The van der Waals surface area contributed by atoms with Crippen LogP contribution in [-0.4, -0.2) is 53.8 Å². The van der Waals surface area contributed by atoms with E-state index in [0.29, 0.717) is 5.69 Å². The quantitative estimate of drug-likeness (QED) is 0.454. The molecular weight excluding hydrogens is 440 g/mol. The fourth-order valence-corrected chi connectivity index (χ4v) is 3.33. The van der Waals surface area contributed by atoms with Gasteiger partial charge in [-0.1, -0.05) is 48.5 Å². The van der Waals surface area contributed by atoms with Crippen molar-refractivity contribution >= 4 is 29.6 Å². The topological polar surface area (TPSA) is 102 Å². The van der Waals surface area contributed by atoms with Gasteiger partial charge in [-0.2, -0.15) is 0 Å². The maximum Gasteiger partial charge on any atom is 0.413 e. The molecule has 9 nitrogen and oxygen atoms in total. The Balaban J connectivity index is 1.71. The van der Waals surface area contributed by atoms with Crippen molar-refractivity contribution < 1.29 is 33.4 Å². The van der Waals surface area contributed by atoms with Gasteiger partial charge in [0.05, 0.1) is 6.42 Å². The molecule has 34 heavy (non-hydrogen) atoms. The number of hydrogen-bond donors (Lipinski definition) is 0. The Labute approximate surface area is 198 Å². The Bertz CT molecular complexity index is 1020. The van der Waals surface area contributed by atoms with Crippen molar-refractivity contribution in [3.63, 3.8) is 0 Å². The van der Waals surface area contributed by atoms with Gasteiger partial charge in [0, 0.05) is 5.69 Å². The van der Waals surface area contributed by atoms with E-state index in [2.05, 4.69) is 0 Å². The van der Waals surface area contributed by atoms with E-state index in [1.165, 1.54) is 4.90 Å². The summed E-state index contributed by atoms with van der Waals surface area (Å²) >= 11 is 0. The number of cyclic esters (lactones) is 1. The highest BCUT2D eigenvalue weighted by Gasteiger charge is 2.41. The SMILES string of the molecule is CC(C)(C)OC(=O)CN(C(=O)C[C@H]1C(=O)OCN1C(=O)OCc1ccccc1)c1ccccc1. The minimum absolute atomic E-state index is 0.0137. The third-order valence-electron chi connectivity index (χ3n) is 4.88. The van der Waals surface area contributed by atoms with Gasteiger partial charge in [0.15, 0.2) is 6.73 Å². The molecule has 3 rings (SSSR count). The maximum atomic E-state index is 13.2. The summed E-state index contributed by atoms with van der Waals surface area (Å²) in [6, 6.07) is 16.5. The van der Waals surface area contributed by atoms with E-state index in [-0.39, 0.29) is 26.3 Å². The predicted octanol–water partition coefficient (Wildman–Crippen LogP) is 3.27. The lowest BCUT2D eigenvalue weighted by Gasteiger charge is -2.27. The lowest BCUT2D eigenvalue weighted by atomic mass is 10.1. The van der Waals surface area contributed by atoms with Crippen LogP contribution in [0.25, 0.3) is 0 Å². The van der Waals surface area contributed by atoms with Gasteiger partial charge in [-0.25, -0.2) is 9.59 Å². The van der Waals surface area contributed by atoms with E-state index in [1.807, 2.05) is 18.2 Å². The molecule has 2 amide bonds. The van der Waals surface area contributed by atoms with Crippen LogP contribution < -0.4 is 4.90 Å². The van der Waals surface area contributed by atoms with Crippen molar-refractivity contribution in [1.29, 1.82) is 0 Å². The monoisotopic (exact) mass is 468 g/mol. The third kappa shape index (κ3) is 6.81. The number of benzene rings is 2. The van der Waals surface area contributed by atoms with Crippen molar-refractivity contribution in [3.05, 3.63) is 66.2 Å². The first-order valence-corrected chi connectivity index (χ1v) is 10.9. The predicted molar refractivity (Wildman–Crippen MR) is 122 cm³/mol. The van der Waals surface area contributed by atoms with Crippen LogP contribution in [0.15, 0.2) is 60.7 Å².